The molecule has 3 N–H and O–H groups in total. The van der Waals surface area contributed by atoms with Gasteiger partial charge in [-0.05, 0) is 24.1 Å². The van der Waals surface area contributed by atoms with Crippen LogP contribution in [-0.2, 0) is 4.79 Å². The molecule has 0 saturated carbocycles. The normalized spacial score (nSPS) is 21.1. The summed E-state index contributed by atoms with van der Waals surface area (Å²) in [4.78, 5) is 22.9. The number of nitrogens with zero attached hydrogens (tertiary/aromatic N) is 1. The van der Waals surface area contributed by atoms with Crippen LogP contribution in [0.5, 0.6) is 11.5 Å². The molecule has 1 amide bonds. The molecule has 9 heteroatoms. The largest absolute Gasteiger partial charge is 0.504 e. The second kappa shape index (κ2) is 6.04. The molecule has 1 aliphatic heterocycles. The highest BCUT2D eigenvalue weighted by atomic mass is 19.3. The van der Waals surface area contributed by atoms with Crippen LogP contribution in [0.25, 0.3) is 0 Å². The van der Waals surface area contributed by atoms with Crippen LogP contribution in [0.2, 0.25) is 0 Å². The molecule has 0 aliphatic carbocycles. The quantitative estimate of drug-likeness (QED) is 0.783. The first kappa shape index (κ1) is 15.8. The highest BCUT2D eigenvalue weighted by Crippen LogP contribution is 2.36. The van der Waals surface area contributed by atoms with Crippen LogP contribution in [-0.4, -0.2) is 51.5 Å². The van der Waals surface area contributed by atoms with Gasteiger partial charge in [0.1, 0.15) is 6.04 Å². The van der Waals surface area contributed by atoms with Crippen LogP contribution in [0.15, 0.2) is 18.2 Å². The van der Waals surface area contributed by atoms with Gasteiger partial charge in [0.2, 0.25) is 0 Å². The Kier molecular flexibility index (Phi) is 4.34. The molecule has 1 aromatic carbocycles. The van der Waals surface area contributed by atoms with E-state index in [2.05, 4.69) is 4.74 Å². The van der Waals surface area contributed by atoms with E-state index in [0.29, 0.717) is 5.56 Å². The number of carboxylic acid groups (broad SMARTS) is 2. The SMILES string of the molecule is O=C(O)[C@H]1C[C@@H](c2ccc(OC(F)F)c(O)c2)CN1C(=O)O. The lowest BCUT2D eigenvalue weighted by Gasteiger charge is -2.17. The van der Waals surface area contributed by atoms with E-state index in [1.807, 2.05) is 0 Å². The number of halogens is 2. The number of phenols is 1. The fourth-order valence-corrected chi connectivity index (χ4v) is 2.51. The molecule has 22 heavy (non-hydrogen) atoms. The lowest BCUT2D eigenvalue weighted by molar-refractivity contribution is -0.141. The minimum Gasteiger partial charge on any atom is -0.504 e. The smallest absolute Gasteiger partial charge is 0.408 e. The zero-order chi connectivity index (χ0) is 16.4. The molecule has 1 aliphatic rings. The molecule has 1 heterocycles. The van der Waals surface area contributed by atoms with Gasteiger partial charge in [0.25, 0.3) is 0 Å². The number of phenolic OH excluding ortho intramolecular Hbond substituents is 1. The van der Waals surface area contributed by atoms with E-state index in [4.69, 9.17) is 10.2 Å². The fraction of sp³-hybridized carbons (Fsp3) is 0.385. The van der Waals surface area contributed by atoms with E-state index >= 15 is 0 Å². The topological polar surface area (TPSA) is 107 Å². The van der Waals surface area contributed by atoms with Gasteiger partial charge in [-0.2, -0.15) is 8.78 Å². The Balaban J connectivity index is 2.20. The van der Waals surface area contributed by atoms with Gasteiger partial charge in [-0.15, -0.1) is 0 Å². The summed E-state index contributed by atoms with van der Waals surface area (Å²) in [5.74, 6) is -2.63. The van der Waals surface area contributed by atoms with E-state index in [-0.39, 0.29) is 13.0 Å². The molecule has 0 aromatic heterocycles. The molecule has 2 atom stereocenters. The van der Waals surface area contributed by atoms with Gasteiger partial charge in [-0.1, -0.05) is 6.07 Å². The van der Waals surface area contributed by atoms with Crippen molar-refractivity contribution in [1.29, 1.82) is 0 Å². The Morgan fingerprint density at radius 1 is 1.32 bits per heavy atom. The highest BCUT2D eigenvalue weighted by Gasteiger charge is 2.40. The number of hydrogen-bond donors (Lipinski definition) is 3. The van der Waals surface area contributed by atoms with Crippen molar-refractivity contribution in [2.45, 2.75) is 25.0 Å². The summed E-state index contributed by atoms with van der Waals surface area (Å²) in [5.41, 5.74) is 0.453. The lowest BCUT2D eigenvalue weighted by Crippen LogP contribution is -2.39. The molecule has 0 bridgehead atoms. The van der Waals surface area contributed by atoms with Crippen LogP contribution in [0, 0.1) is 0 Å². The van der Waals surface area contributed by atoms with Crippen LogP contribution >= 0.6 is 0 Å². The van der Waals surface area contributed by atoms with Crippen LogP contribution in [0.4, 0.5) is 13.6 Å². The number of ether oxygens (including phenoxy) is 1. The second-order valence-electron chi connectivity index (χ2n) is 4.83. The Morgan fingerprint density at radius 3 is 2.45 bits per heavy atom. The van der Waals surface area contributed by atoms with Gasteiger partial charge in [0.15, 0.2) is 11.5 Å². The van der Waals surface area contributed by atoms with E-state index < -0.39 is 42.1 Å². The molecule has 120 valence electrons. The minimum atomic E-state index is -3.08. The summed E-state index contributed by atoms with van der Waals surface area (Å²) < 4.78 is 28.3. The molecule has 1 aromatic rings. The number of carbonyl (C=O) groups is 2. The summed E-state index contributed by atoms with van der Waals surface area (Å²) in [7, 11) is 0. The first-order chi connectivity index (χ1) is 10.3. The van der Waals surface area contributed by atoms with Crippen molar-refractivity contribution in [3.63, 3.8) is 0 Å². The van der Waals surface area contributed by atoms with Gasteiger partial charge in [0, 0.05) is 12.5 Å². The molecular formula is C13H13F2NO6. The molecule has 0 spiro atoms. The van der Waals surface area contributed by atoms with Crippen molar-refractivity contribution in [1.82, 2.24) is 4.90 Å². The third-order valence-electron chi connectivity index (χ3n) is 3.50. The fourth-order valence-electron chi connectivity index (χ4n) is 2.51. The zero-order valence-electron chi connectivity index (χ0n) is 11.1. The Morgan fingerprint density at radius 2 is 2.00 bits per heavy atom. The van der Waals surface area contributed by atoms with E-state index in [9.17, 15) is 23.5 Å². The van der Waals surface area contributed by atoms with Gasteiger partial charge in [-0.3, -0.25) is 4.90 Å². The molecule has 7 nitrogen and oxygen atoms in total. The number of aromatic hydroxyl groups is 1. The van der Waals surface area contributed by atoms with E-state index in [0.717, 1.165) is 11.0 Å². The summed E-state index contributed by atoms with van der Waals surface area (Å²) in [6, 6.07) is 2.52. The average molecular weight is 317 g/mol. The van der Waals surface area contributed by atoms with Gasteiger partial charge in [0.05, 0.1) is 0 Å². The predicted molar refractivity (Wildman–Crippen MR) is 68.3 cm³/mol. The van der Waals surface area contributed by atoms with Crippen molar-refractivity contribution in [2.75, 3.05) is 6.54 Å². The third-order valence-corrected chi connectivity index (χ3v) is 3.50. The number of aliphatic carboxylic acids is 1. The predicted octanol–water partition coefficient (Wildman–Crippen LogP) is 1.91. The molecule has 1 fully saturated rings. The van der Waals surface area contributed by atoms with Crippen molar-refractivity contribution in [2.24, 2.45) is 0 Å². The molecule has 0 unspecified atom stereocenters. The first-order valence-corrected chi connectivity index (χ1v) is 6.29. The number of hydrogen-bond acceptors (Lipinski definition) is 4. The Hall–Kier alpha value is -2.58. The first-order valence-electron chi connectivity index (χ1n) is 6.29. The summed E-state index contributed by atoms with van der Waals surface area (Å²) in [5, 5.41) is 27.7. The highest BCUT2D eigenvalue weighted by molar-refractivity contribution is 5.80. The second-order valence-corrected chi connectivity index (χ2v) is 4.83. The number of carboxylic acids is 1. The number of likely N-dealkylation sites (tertiary alicyclic amines) is 1. The molecule has 2 rings (SSSR count). The third kappa shape index (κ3) is 3.18. The average Bonchev–Trinajstić information content (AvgIpc) is 2.86. The molecule has 1 saturated heterocycles. The lowest BCUT2D eigenvalue weighted by atomic mass is 9.96. The maximum Gasteiger partial charge on any atom is 0.408 e. The van der Waals surface area contributed by atoms with Crippen LogP contribution in [0.3, 0.4) is 0 Å². The van der Waals surface area contributed by atoms with Crippen LogP contribution in [0.1, 0.15) is 17.9 Å². The van der Waals surface area contributed by atoms with Crippen molar-refractivity contribution in [3.8, 4) is 11.5 Å². The summed E-state index contributed by atoms with van der Waals surface area (Å²) in [6.07, 6.45) is -1.31. The maximum atomic E-state index is 12.1. The van der Waals surface area contributed by atoms with E-state index in [1.54, 1.807) is 0 Å². The Bertz CT molecular complexity index is 572. The maximum absolute atomic E-state index is 12.1. The Labute approximate surface area is 123 Å². The monoisotopic (exact) mass is 317 g/mol. The summed E-state index contributed by atoms with van der Waals surface area (Å²) >= 11 is 0. The van der Waals surface area contributed by atoms with Gasteiger partial charge >= 0.3 is 18.7 Å². The van der Waals surface area contributed by atoms with Crippen molar-refractivity contribution in [3.05, 3.63) is 23.8 Å². The van der Waals surface area contributed by atoms with Crippen molar-refractivity contribution < 1.29 is 38.4 Å². The minimum absolute atomic E-state index is 0.0378. The number of benzene rings is 1. The number of alkyl halides is 2. The zero-order valence-corrected chi connectivity index (χ0v) is 11.1. The van der Waals surface area contributed by atoms with Crippen molar-refractivity contribution >= 4 is 12.1 Å². The number of amides is 1. The van der Waals surface area contributed by atoms with E-state index in [1.165, 1.54) is 12.1 Å². The van der Waals surface area contributed by atoms with Crippen LogP contribution < -0.4 is 4.74 Å². The standard InChI is InChI=1S/C13H13F2NO6/c14-12(15)22-10-2-1-6(4-9(10)17)7-3-8(11(18)19)16(5-7)13(20)21/h1-2,4,7-8,12,17H,3,5H2,(H,18,19)(H,20,21)/t7-,8-/m1/s1. The molecular weight excluding hydrogens is 304 g/mol. The van der Waals surface area contributed by atoms with Gasteiger partial charge in [-0.25, -0.2) is 9.59 Å². The summed E-state index contributed by atoms with van der Waals surface area (Å²) in [6.45, 7) is -3.14. The number of rotatable bonds is 4. The molecule has 0 radical (unpaired) electrons. The van der Waals surface area contributed by atoms with Gasteiger partial charge < -0.3 is 20.1 Å².